The van der Waals surface area contributed by atoms with Crippen molar-refractivity contribution in [3.8, 4) is 0 Å². The quantitative estimate of drug-likeness (QED) is 0.863. The fraction of sp³-hybridized carbons (Fsp3) is 0.438. The molecule has 2 rings (SSSR count). The predicted molar refractivity (Wildman–Crippen MR) is 84.9 cm³/mol. The van der Waals surface area contributed by atoms with Gasteiger partial charge in [-0.1, -0.05) is 18.5 Å². The molecular weight excluding hydrogens is 290 g/mol. The standard InChI is InChI=1S/C16H20ClNO3/c1-4-11-5-15-13(7-14(11)17)12(6-16(20)21-15)8-18(3)10(2)9-19/h5-7,10,19H,4,8-9H2,1-3H3. The normalized spacial score (nSPS) is 13.0. The van der Waals surface area contributed by atoms with Crippen molar-refractivity contribution >= 4 is 22.6 Å². The summed E-state index contributed by atoms with van der Waals surface area (Å²) in [5, 5.41) is 10.7. The Morgan fingerprint density at radius 3 is 2.67 bits per heavy atom. The van der Waals surface area contributed by atoms with Crippen LogP contribution in [-0.4, -0.2) is 29.7 Å². The molecule has 0 amide bonds. The van der Waals surface area contributed by atoms with E-state index >= 15 is 0 Å². The molecule has 0 spiro atoms. The van der Waals surface area contributed by atoms with Crippen LogP contribution in [-0.2, 0) is 13.0 Å². The van der Waals surface area contributed by atoms with Crippen LogP contribution in [0.1, 0.15) is 25.0 Å². The van der Waals surface area contributed by atoms with Gasteiger partial charge in [0.1, 0.15) is 5.58 Å². The largest absolute Gasteiger partial charge is 0.423 e. The molecule has 1 aromatic heterocycles. The summed E-state index contributed by atoms with van der Waals surface area (Å²) in [7, 11) is 1.91. The van der Waals surface area contributed by atoms with E-state index in [2.05, 4.69) is 0 Å². The Labute approximate surface area is 128 Å². The van der Waals surface area contributed by atoms with Gasteiger partial charge in [-0.25, -0.2) is 4.79 Å². The molecule has 1 N–H and O–H groups in total. The van der Waals surface area contributed by atoms with Gasteiger partial charge >= 0.3 is 5.63 Å². The van der Waals surface area contributed by atoms with Gasteiger partial charge in [-0.05, 0) is 43.7 Å². The van der Waals surface area contributed by atoms with Gasteiger partial charge < -0.3 is 9.52 Å². The van der Waals surface area contributed by atoms with Crippen LogP contribution in [0.15, 0.2) is 27.4 Å². The van der Waals surface area contributed by atoms with Crippen LogP contribution in [0.3, 0.4) is 0 Å². The zero-order valence-electron chi connectivity index (χ0n) is 12.5. The summed E-state index contributed by atoms with van der Waals surface area (Å²) in [6, 6.07) is 5.19. The lowest BCUT2D eigenvalue weighted by molar-refractivity contribution is 0.154. The molecule has 21 heavy (non-hydrogen) atoms. The van der Waals surface area contributed by atoms with E-state index in [4.69, 9.17) is 16.0 Å². The average molecular weight is 310 g/mol. The van der Waals surface area contributed by atoms with Crippen LogP contribution in [0.4, 0.5) is 0 Å². The minimum atomic E-state index is -0.369. The van der Waals surface area contributed by atoms with Gasteiger partial charge in [-0.15, -0.1) is 0 Å². The van der Waals surface area contributed by atoms with Crippen LogP contribution >= 0.6 is 11.6 Å². The van der Waals surface area contributed by atoms with Gasteiger partial charge in [0, 0.05) is 29.1 Å². The second kappa shape index (κ2) is 6.60. The lowest BCUT2D eigenvalue weighted by Crippen LogP contribution is -2.31. The maximum Gasteiger partial charge on any atom is 0.336 e. The Morgan fingerprint density at radius 2 is 2.05 bits per heavy atom. The number of hydrogen-bond donors (Lipinski definition) is 1. The maximum atomic E-state index is 11.7. The Hall–Kier alpha value is -1.36. The third-order valence-corrected chi connectivity index (χ3v) is 4.17. The van der Waals surface area contributed by atoms with E-state index in [1.54, 1.807) is 0 Å². The van der Waals surface area contributed by atoms with E-state index in [1.807, 2.05) is 37.9 Å². The predicted octanol–water partition coefficient (Wildman–Crippen LogP) is 2.82. The zero-order valence-corrected chi connectivity index (χ0v) is 13.3. The van der Waals surface area contributed by atoms with Gasteiger partial charge in [-0.2, -0.15) is 0 Å². The summed E-state index contributed by atoms with van der Waals surface area (Å²) >= 11 is 6.27. The first-order chi connectivity index (χ1) is 9.96. The maximum absolute atomic E-state index is 11.7. The van der Waals surface area contributed by atoms with Gasteiger partial charge in [-0.3, -0.25) is 4.90 Å². The molecule has 0 saturated heterocycles. The molecule has 1 unspecified atom stereocenters. The molecule has 0 aliphatic carbocycles. The topological polar surface area (TPSA) is 53.7 Å². The molecule has 0 bridgehead atoms. The highest BCUT2D eigenvalue weighted by Crippen LogP contribution is 2.26. The number of aliphatic hydroxyl groups excluding tert-OH is 1. The highest BCUT2D eigenvalue weighted by Gasteiger charge is 2.13. The molecular formula is C16H20ClNO3. The molecule has 0 aliphatic rings. The Bertz CT molecular complexity index is 696. The summed E-state index contributed by atoms with van der Waals surface area (Å²) in [6.07, 6.45) is 0.782. The molecule has 5 heteroatoms. The minimum absolute atomic E-state index is 0.0117. The first-order valence-electron chi connectivity index (χ1n) is 7.02. The third kappa shape index (κ3) is 3.46. The van der Waals surface area contributed by atoms with Crippen molar-refractivity contribution in [2.24, 2.45) is 0 Å². The lowest BCUT2D eigenvalue weighted by atomic mass is 10.1. The summed E-state index contributed by atoms with van der Waals surface area (Å²) in [6.45, 7) is 4.55. The number of hydrogen-bond acceptors (Lipinski definition) is 4. The molecule has 0 aliphatic heterocycles. The van der Waals surface area contributed by atoms with Crippen LogP contribution in [0, 0.1) is 0 Å². The number of likely N-dealkylation sites (N-methyl/N-ethyl adjacent to an activating group) is 1. The van der Waals surface area contributed by atoms with Gasteiger partial charge in [0.2, 0.25) is 0 Å². The smallest absolute Gasteiger partial charge is 0.336 e. The van der Waals surface area contributed by atoms with Gasteiger partial charge in [0.05, 0.1) is 6.61 Å². The van der Waals surface area contributed by atoms with Crippen molar-refractivity contribution in [2.45, 2.75) is 32.9 Å². The number of benzene rings is 1. The van der Waals surface area contributed by atoms with E-state index in [0.717, 1.165) is 22.9 Å². The SMILES string of the molecule is CCc1cc2oc(=O)cc(CN(C)C(C)CO)c2cc1Cl. The Morgan fingerprint density at radius 1 is 1.33 bits per heavy atom. The first kappa shape index (κ1) is 16.0. The molecule has 0 saturated carbocycles. The lowest BCUT2D eigenvalue weighted by Gasteiger charge is -2.23. The second-order valence-corrected chi connectivity index (χ2v) is 5.74. The average Bonchev–Trinajstić information content (AvgIpc) is 2.46. The molecule has 4 nitrogen and oxygen atoms in total. The summed E-state index contributed by atoms with van der Waals surface area (Å²) in [5.74, 6) is 0. The van der Waals surface area contributed by atoms with Gasteiger partial charge in [0.25, 0.3) is 0 Å². The molecule has 0 radical (unpaired) electrons. The zero-order chi connectivity index (χ0) is 15.6. The van der Waals surface area contributed by atoms with Crippen molar-refractivity contribution in [3.05, 3.63) is 44.8 Å². The second-order valence-electron chi connectivity index (χ2n) is 5.33. The monoisotopic (exact) mass is 309 g/mol. The van der Waals surface area contributed by atoms with Crippen molar-refractivity contribution in [1.82, 2.24) is 4.90 Å². The molecule has 1 aromatic carbocycles. The van der Waals surface area contributed by atoms with Crippen molar-refractivity contribution in [1.29, 1.82) is 0 Å². The van der Waals surface area contributed by atoms with E-state index in [9.17, 15) is 9.90 Å². The molecule has 2 aromatic rings. The van der Waals surface area contributed by atoms with Crippen molar-refractivity contribution in [2.75, 3.05) is 13.7 Å². The molecule has 0 fully saturated rings. The summed E-state index contributed by atoms with van der Waals surface area (Å²) < 4.78 is 5.29. The number of rotatable bonds is 5. The Kier molecular flexibility index (Phi) is 5.04. The fourth-order valence-electron chi connectivity index (χ4n) is 2.25. The van der Waals surface area contributed by atoms with Crippen molar-refractivity contribution < 1.29 is 9.52 Å². The fourth-order valence-corrected chi connectivity index (χ4v) is 2.55. The van der Waals surface area contributed by atoms with E-state index in [1.165, 1.54) is 6.07 Å². The van der Waals surface area contributed by atoms with Crippen molar-refractivity contribution in [3.63, 3.8) is 0 Å². The van der Waals surface area contributed by atoms with Crippen LogP contribution in [0.25, 0.3) is 11.0 Å². The molecule has 1 atom stereocenters. The summed E-state index contributed by atoms with van der Waals surface area (Å²) in [4.78, 5) is 13.7. The number of halogens is 1. The van der Waals surface area contributed by atoms with Crippen LogP contribution in [0.5, 0.6) is 0 Å². The molecule has 1 heterocycles. The number of nitrogens with zero attached hydrogens (tertiary/aromatic N) is 1. The van der Waals surface area contributed by atoms with E-state index in [0.29, 0.717) is 17.2 Å². The van der Waals surface area contributed by atoms with Crippen LogP contribution in [0.2, 0.25) is 5.02 Å². The third-order valence-electron chi connectivity index (χ3n) is 3.81. The number of fused-ring (bicyclic) bond motifs is 1. The molecule has 114 valence electrons. The van der Waals surface area contributed by atoms with E-state index < -0.39 is 0 Å². The van der Waals surface area contributed by atoms with Gasteiger partial charge in [0.15, 0.2) is 0 Å². The highest BCUT2D eigenvalue weighted by molar-refractivity contribution is 6.32. The number of aryl methyl sites for hydroxylation is 1. The highest BCUT2D eigenvalue weighted by atomic mass is 35.5. The van der Waals surface area contributed by atoms with Crippen LogP contribution < -0.4 is 5.63 Å². The first-order valence-corrected chi connectivity index (χ1v) is 7.40. The Balaban J connectivity index is 2.52. The minimum Gasteiger partial charge on any atom is -0.423 e. The van der Waals surface area contributed by atoms with E-state index in [-0.39, 0.29) is 18.3 Å². The number of aliphatic hydroxyl groups is 1. The summed E-state index contributed by atoms with van der Waals surface area (Å²) in [5.41, 5.74) is 2.01.